The second-order valence-corrected chi connectivity index (χ2v) is 7.61. The molecule has 1 unspecified atom stereocenters. The first-order chi connectivity index (χ1) is 13.5. The van der Waals surface area contributed by atoms with Crippen LogP contribution in [-0.2, 0) is 13.0 Å². The molecule has 0 saturated carbocycles. The molecule has 2 aromatic carbocycles. The summed E-state index contributed by atoms with van der Waals surface area (Å²) in [6.07, 6.45) is 2.11. The van der Waals surface area contributed by atoms with Gasteiger partial charge in [0.2, 0.25) is 0 Å². The van der Waals surface area contributed by atoms with E-state index in [9.17, 15) is 4.79 Å². The molecule has 28 heavy (non-hydrogen) atoms. The molecular formula is C22H29BrN4O. The van der Waals surface area contributed by atoms with Gasteiger partial charge in [0, 0.05) is 37.2 Å². The summed E-state index contributed by atoms with van der Waals surface area (Å²) in [5.41, 5.74) is 3.02. The van der Waals surface area contributed by atoms with E-state index < -0.39 is 0 Å². The molecule has 0 saturated heterocycles. The van der Waals surface area contributed by atoms with E-state index in [1.54, 1.807) is 14.1 Å². The van der Waals surface area contributed by atoms with E-state index in [2.05, 4.69) is 62.0 Å². The van der Waals surface area contributed by atoms with E-state index in [4.69, 9.17) is 0 Å². The zero-order valence-electron chi connectivity index (χ0n) is 16.8. The van der Waals surface area contributed by atoms with Gasteiger partial charge in [-0.2, -0.15) is 0 Å². The number of rotatable bonds is 8. The Morgan fingerprint density at radius 1 is 1.11 bits per heavy atom. The molecule has 0 aliphatic rings. The zero-order valence-corrected chi connectivity index (χ0v) is 18.3. The zero-order chi connectivity index (χ0) is 20.4. The molecule has 0 fully saturated rings. The Balaban J connectivity index is 1.87. The molecule has 3 N–H and O–H groups in total. The van der Waals surface area contributed by atoms with E-state index in [0.29, 0.717) is 18.0 Å². The topological polar surface area (TPSA) is 65.5 Å². The fourth-order valence-electron chi connectivity index (χ4n) is 2.97. The van der Waals surface area contributed by atoms with E-state index in [-0.39, 0.29) is 5.91 Å². The van der Waals surface area contributed by atoms with Gasteiger partial charge in [0.15, 0.2) is 5.96 Å². The SMILES string of the molecule is CCC(CNC(=NC)NCc1cccc(C(=O)NC)c1)Cc1cccc(Br)c1. The molecular weight excluding hydrogens is 416 g/mol. The van der Waals surface area contributed by atoms with Gasteiger partial charge in [-0.1, -0.05) is 53.5 Å². The number of aliphatic imine (C=N–C) groups is 1. The smallest absolute Gasteiger partial charge is 0.251 e. The number of hydrogen-bond donors (Lipinski definition) is 3. The number of benzene rings is 2. The van der Waals surface area contributed by atoms with Crippen molar-refractivity contribution >= 4 is 27.8 Å². The molecule has 2 rings (SSSR count). The maximum atomic E-state index is 11.8. The molecule has 0 bridgehead atoms. The third kappa shape index (κ3) is 7.00. The Kier molecular flexibility index (Phi) is 9.01. The lowest BCUT2D eigenvalue weighted by atomic mass is 9.97. The number of carbonyl (C=O) groups excluding carboxylic acids is 1. The molecule has 1 atom stereocenters. The molecule has 0 heterocycles. The largest absolute Gasteiger partial charge is 0.356 e. The maximum absolute atomic E-state index is 11.8. The van der Waals surface area contributed by atoms with Crippen molar-refractivity contribution < 1.29 is 4.79 Å². The highest BCUT2D eigenvalue weighted by Crippen LogP contribution is 2.16. The van der Waals surface area contributed by atoms with E-state index in [1.807, 2.05) is 30.3 Å². The highest BCUT2D eigenvalue weighted by atomic mass is 79.9. The first-order valence-corrected chi connectivity index (χ1v) is 10.3. The molecule has 2 aromatic rings. The Bertz CT molecular complexity index is 807. The van der Waals surface area contributed by atoms with Crippen LogP contribution in [0.1, 0.15) is 34.8 Å². The monoisotopic (exact) mass is 444 g/mol. The first kappa shape index (κ1) is 22.0. The Morgan fingerprint density at radius 2 is 1.86 bits per heavy atom. The molecule has 0 radical (unpaired) electrons. The van der Waals surface area contributed by atoms with Crippen molar-refractivity contribution in [3.05, 3.63) is 69.7 Å². The third-order valence-corrected chi connectivity index (χ3v) is 5.14. The number of amides is 1. The van der Waals surface area contributed by atoms with Crippen LogP contribution in [0.25, 0.3) is 0 Å². The fraction of sp³-hybridized carbons (Fsp3) is 0.364. The van der Waals surface area contributed by atoms with E-state index in [1.165, 1.54) is 5.56 Å². The van der Waals surface area contributed by atoms with Gasteiger partial charge in [-0.3, -0.25) is 9.79 Å². The normalized spacial score (nSPS) is 12.4. The van der Waals surface area contributed by atoms with Crippen LogP contribution in [0.3, 0.4) is 0 Å². The van der Waals surface area contributed by atoms with Gasteiger partial charge in [0.25, 0.3) is 5.91 Å². The van der Waals surface area contributed by atoms with Crippen molar-refractivity contribution in [3.63, 3.8) is 0 Å². The predicted octanol–water partition coefficient (Wildman–Crippen LogP) is 3.74. The van der Waals surface area contributed by atoms with Crippen molar-refractivity contribution in [2.45, 2.75) is 26.3 Å². The standard InChI is InChI=1S/C22H29BrN4O/c1-4-16(11-17-7-6-10-20(23)13-17)14-26-22(25-3)27-15-18-8-5-9-19(12-18)21(28)24-2/h5-10,12-13,16H,4,11,14-15H2,1-3H3,(H,24,28)(H2,25,26,27). The van der Waals surface area contributed by atoms with Crippen LogP contribution in [0, 0.1) is 5.92 Å². The van der Waals surface area contributed by atoms with Crippen LogP contribution >= 0.6 is 15.9 Å². The van der Waals surface area contributed by atoms with Gasteiger partial charge in [-0.05, 0) is 47.7 Å². The lowest BCUT2D eigenvalue weighted by Crippen LogP contribution is -2.39. The fourth-order valence-corrected chi connectivity index (χ4v) is 3.42. The highest BCUT2D eigenvalue weighted by molar-refractivity contribution is 9.10. The predicted molar refractivity (Wildman–Crippen MR) is 120 cm³/mol. The molecule has 0 aliphatic heterocycles. The summed E-state index contributed by atoms with van der Waals surface area (Å²) in [5, 5.41) is 9.39. The minimum absolute atomic E-state index is 0.0808. The van der Waals surface area contributed by atoms with E-state index in [0.717, 1.165) is 35.4 Å². The summed E-state index contributed by atoms with van der Waals surface area (Å²) < 4.78 is 1.12. The Labute approximate surface area is 176 Å². The molecule has 0 aliphatic carbocycles. The lowest BCUT2D eigenvalue weighted by Gasteiger charge is -2.18. The number of nitrogens with zero attached hydrogens (tertiary/aromatic N) is 1. The number of hydrogen-bond acceptors (Lipinski definition) is 2. The molecule has 5 nitrogen and oxygen atoms in total. The summed E-state index contributed by atoms with van der Waals surface area (Å²) in [5.74, 6) is 1.20. The van der Waals surface area contributed by atoms with Gasteiger partial charge < -0.3 is 16.0 Å². The summed E-state index contributed by atoms with van der Waals surface area (Å²) >= 11 is 3.54. The maximum Gasteiger partial charge on any atom is 0.251 e. The van der Waals surface area contributed by atoms with Crippen molar-refractivity contribution in [2.24, 2.45) is 10.9 Å². The van der Waals surface area contributed by atoms with Crippen LogP contribution < -0.4 is 16.0 Å². The van der Waals surface area contributed by atoms with Crippen molar-refractivity contribution in [2.75, 3.05) is 20.6 Å². The van der Waals surface area contributed by atoms with Crippen molar-refractivity contribution in [3.8, 4) is 0 Å². The van der Waals surface area contributed by atoms with Crippen molar-refractivity contribution in [1.29, 1.82) is 0 Å². The molecule has 0 aromatic heterocycles. The van der Waals surface area contributed by atoms with Crippen LogP contribution in [0.2, 0.25) is 0 Å². The van der Waals surface area contributed by atoms with Gasteiger partial charge >= 0.3 is 0 Å². The number of guanidine groups is 1. The van der Waals surface area contributed by atoms with Crippen LogP contribution in [-0.4, -0.2) is 32.5 Å². The summed E-state index contributed by atoms with van der Waals surface area (Å²) in [4.78, 5) is 16.1. The third-order valence-electron chi connectivity index (χ3n) is 4.65. The summed E-state index contributed by atoms with van der Waals surface area (Å²) in [6.45, 7) is 3.67. The summed E-state index contributed by atoms with van der Waals surface area (Å²) in [7, 11) is 3.41. The van der Waals surface area contributed by atoms with Gasteiger partial charge in [-0.25, -0.2) is 0 Å². The van der Waals surface area contributed by atoms with Gasteiger partial charge in [0.05, 0.1) is 0 Å². The summed E-state index contributed by atoms with van der Waals surface area (Å²) in [6, 6.07) is 16.1. The Hall–Kier alpha value is -2.34. The van der Waals surface area contributed by atoms with Gasteiger partial charge in [-0.15, -0.1) is 0 Å². The number of carbonyl (C=O) groups is 1. The minimum Gasteiger partial charge on any atom is -0.356 e. The number of halogens is 1. The highest BCUT2D eigenvalue weighted by Gasteiger charge is 2.10. The van der Waals surface area contributed by atoms with E-state index >= 15 is 0 Å². The van der Waals surface area contributed by atoms with Crippen LogP contribution in [0.5, 0.6) is 0 Å². The molecule has 150 valence electrons. The average Bonchev–Trinajstić information content (AvgIpc) is 2.72. The molecule has 6 heteroatoms. The lowest BCUT2D eigenvalue weighted by molar-refractivity contribution is 0.0963. The molecule has 1 amide bonds. The second kappa shape index (κ2) is 11.5. The quantitative estimate of drug-likeness (QED) is 0.429. The van der Waals surface area contributed by atoms with Crippen LogP contribution in [0.4, 0.5) is 0 Å². The van der Waals surface area contributed by atoms with Crippen molar-refractivity contribution in [1.82, 2.24) is 16.0 Å². The van der Waals surface area contributed by atoms with Crippen LogP contribution in [0.15, 0.2) is 58.0 Å². The first-order valence-electron chi connectivity index (χ1n) is 9.55. The minimum atomic E-state index is -0.0808. The van der Waals surface area contributed by atoms with Gasteiger partial charge in [0.1, 0.15) is 0 Å². The Morgan fingerprint density at radius 3 is 2.54 bits per heavy atom. The average molecular weight is 445 g/mol. The number of nitrogens with one attached hydrogen (secondary N) is 3. The molecule has 0 spiro atoms. The second-order valence-electron chi connectivity index (χ2n) is 6.69.